The summed E-state index contributed by atoms with van der Waals surface area (Å²) in [6, 6.07) is 10.7. The molecule has 0 saturated carbocycles. The fourth-order valence-corrected chi connectivity index (χ4v) is 2.30. The minimum absolute atomic E-state index is 0.243. The van der Waals surface area contributed by atoms with Crippen molar-refractivity contribution in [3.05, 3.63) is 76.1 Å². The molecule has 0 aliphatic rings. The number of hydrogen-bond donors (Lipinski definition) is 0. The van der Waals surface area contributed by atoms with Gasteiger partial charge in [-0.05, 0) is 29.8 Å². The van der Waals surface area contributed by atoms with E-state index < -0.39 is 11.8 Å². The van der Waals surface area contributed by atoms with Crippen molar-refractivity contribution in [2.45, 2.75) is 6.54 Å². The summed E-state index contributed by atoms with van der Waals surface area (Å²) >= 11 is 0. The van der Waals surface area contributed by atoms with Crippen molar-refractivity contribution in [2.24, 2.45) is 0 Å². The minimum Gasteiger partial charge on any atom is -0.465 e. The molecule has 2 aromatic carbocycles. The van der Waals surface area contributed by atoms with Gasteiger partial charge in [-0.25, -0.2) is 14.2 Å². The van der Waals surface area contributed by atoms with Crippen LogP contribution in [0.5, 0.6) is 0 Å². The van der Waals surface area contributed by atoms with Crippen molar-refractivity contribution in [2.75, 3.05) is 7.11 Å². The van der Waals surface area contributed by atoms with Gasteiger partial charge in [-0.15, -0.1) is 0 Å². The van der Waals surface area contributed by atoms with Crippen LogP contribution < -0.4 is 5.56 Å². The summed E-state index contributed by atoms with van der Waals surface area (Å²) in [6.07, 6.45) is 1.39. The Morgan fingerprint density at radius 2 is 1.96 bits per heavy atom. The Bertz CT molecular complexity index is 933. The van der Waals surface area contributed by atoms with E-state index in [1.54, 1.807) is 24.3 Å². The van der Waals surface area contributed by atoms with Crippen LogP contribution in [0.2, 0.25) is 0 Å². The van der Waals surface area contributed by atoms with Gasteiger partial charge in [-0.1, -0.05) is 12.1 Å². The molecule has 116 valence electrons. The van der Waals surface area contributed by atoms with E-state index in [2.05, 4.69) is 9.72 Å². The van der Waals surface area contributed by atoms with E-state index in [0.29, 0.717) is 23.0 Å². The summed E-state index contributed by atoms with van der Waals surface area (Å²) in [5, 5.41) is 0.361. The number of hydrogen-bond acceptors (Lipinski definition) is 4. The Labute approximate surface area is 131 Å². The molecule has 0 bridgehead atoms. The molecule has 6 heteroatoms. The molecule has 0 N–H and O–H groups in total. The number of carbonyl (C=O) groups excluding carboxylic acids is 1. The Balaban J connectivity index is 1.92. The number of rotatable bonds is 3. The first-order chi connectivity index (χ1) is 11.1. The van der Waals surface area contributed by atoms with Crippen molar-refractivity contribution in [3.8, 4) is 0 Å². The second-order valence-electron chi connectivity index (χ2n) is 5.03. The number of halogens is 1. The molecule has 1 aromatic heterocycles. The molecule has 0 unspecified atom stereocenters. The third-order valence-electron chi connectivity index (χ3n) is 3.52. The van der Waals surface area contributed by atoms with Crippen LogP contribution in [0.1, 0.15) is 15.9 Å². The summed E-state index contributed by atoms with van der Waals surface area (Å²) in [5.74, 6) is -0.844. The van der Waals surface area contributed by atoms with Gasteiger partial charge in [-0.2, -0.15) is 0 Å². The smallest absolute Gasteiger partial charge is 0.337 e. The van der Waals surface area contributed by atoms with Gasteiger partial charge in [0, 0.05) is 6.07 Å². The highest BCUT2D eigenvalue weighted by molar-refractivity contribution is 5.89. The van der Waals surface area contributed by atoms with Crippen LogP contribution >= 0.6 is 0 Å². The van der Waals surface area contributed by atoms with Gasteiger partial charge in [0.1, 0.15) is 5.82 Å². The Kier molecular flexibility index (Phi) is 3.89. The van der Waals surface area contributed by atoms with E-state index >= 15 is 0 Å². The van der Waals surface area contributed by atoms with E-state index in [9.17, 15) is 14.0 Å². The number of carbonyl (C=O) groups is 1. The predicted octanol–water partition coefficient (Wildman–Crippen LogP) is 2.37. The molecule has 0 radical (unpaired) electrons. The molecule has 5 nitrogen and oxygen atoms in total. The quantitative estimate of drug-likeness (QED) is 0.697. The number of nitrogens with zero attached hydrogens (tertiary/aromatic N) is 2. The van der Waals surface area contributed by atoms with Crippen molar-refractivity contribution in [1.29, 1.82) is 0 Å². The topological polar surface area (TPSA) is 61.2 Å². The maximum absolute atomic E-state index is 13.2. The van der Waals surface area contributed by atoms with E-state index in [4.69, 9.17) is 0 Å². The number of ether oxygens (including phenoxy) is 1. The first kappa shape index (κ1) is 14.9. The lowest BCUT2D eigenvalue weighted by Crippen LogP contribution is -2.21. The average molecular weight is 312 g/mol. The first-order valence-electron chi connectivity index (χ1n) is 6.90. The second-order valence-corrected chi connectivity index (χ2v) is 5.03. The van der Waals surface area contributed by atoms with Gasteiger partial charge in [0.05, 0.1) is 36.4 Å². The SMILES string of the molecule is COC(=O)c1ccc(Cn2cnc3cc(F)ccc3c2=O)cc1. The van der Waals surface area contributed by atoms with Crippen molar-refractivity contribution in [1.82, 2.24) is 9.55 Å². The highest BCUT2D eigenvalue weighted by atomic mass is 19.1. The predicted molar refractivity (Wildman–Crippen MR) is 82.8 cm³/mol. The molecule has 0 spiro atoms. The van der Waals surface area contributed by atoms with Crippen LogP contribution in [0.4, 0.5) is 4.39 Å². The van der Waals surface area contributed by atoms with E-state index in [1.165, 1.54) is 36.2 Å². The van der Waals surface area contributed by atoms with Crippen LogP contribution in [0.15, 0.2) is 53.6 Å². The monoisotopic (exact) mass is 312 g/mol. The van der Waals surface area contributed by atoms with Crippen LogP contribution in [-0.2, 0) is 11.3 Å². The molecule has 0 aliphatic heterocycles. The minimum atomic E-state index is -0.430. The Morgan fingerprint density at radius 1 is 1.22 bits per heavy atom. The van der Waals surface area contributed by atoms with E-state index in [0.717, 1.165) is 5.56 Å². The van der Waals surface area contributed by atoms with Gasteiger partial charge < -0.3 is 4.74 Å². The number of benzene rings is 2. The van der Waals surface area contributed by atoms with Crippen LogP contribution in [0.25, 0.3) is 10.9 Å². The highest BCUT2D eigenvalue weighted by Crippen LogP contribution is 2.10. The van der Waals surface area contributed by atoms with Crippen molar-refractivity contribution < 1.29 is 13.9 Å². The zero-order valence-electron chi connectivity index (χ0n) is 12.3. The fraction of sp³-hybridized carbons (Fsp3) is 0.118. The third-order valence-corrected chi connectivity index (χ3v) is 3.52. The molecule has 0 fully saturated rings. The molecule has 0 aliphatic carbocycles. The lowest BCUT2D eigenvalue weighted by molar-refractivity contribution is 0.0600. The number of esters is 1. The maximum Gasteiger partial charge on any atom is 0.337 e. The zero-order chi connectivity index (χ0) is 16.4. The van der Waals surface area contributed by atoms with E-state index in [1.807, 2.05) is 0 Å². The zero-order valence-corrected chi connectivity index (χ0v) is 12.3. The molecule has 0 amide bonds. The molecule has 23 heavy (non-hydrogen) atoms. The molecule has 0 atom stereocenters. The fourth-order valence-electron chi connectivity index (χ4n) is 2.30. The lowest BCUT2D eigenvalue weighted by Gasteiger charge is -2.07. The van der Waals surface area contributed by atoms with Crippen LogP contribution in [0, 0.1) is 5.82 Å². The largest absolute Gasteiger partial charge is 0.465 e. The molecule has 0 saturated heterocycles. The van der Waals surface area contributed by atoms with Gasteiger partial charge in [-0.3, -0.25) is 9.36 Å². The van der Waals surface area contributed by atoms with Crippen molar-refractivity contribution >= 4 is 16.9 Å². The van der Waals surface area contributed by atoms with Gasteiger partial charge >= 0.3 is 5.97 Å². The van der Waals surface area contributed by atoms with Gasteiger partial charge in [0.15, 0.2) is 0 Å². The molecular formula is C17H13FN2O3. The highest BCUT2D eigenvalue weighted by Gasteiger charge is 2.07. The van der Waals surface area contributed by atoms with Crippen molar-refractivity contribution in [3.63, 3.8) is 0 Å². The number of aromatic nitrogens is 2. The Hall–Kier alpha value is -3.02. The summed E-state index contributed by atoms with van der Waals surface area (Å²) in [7, 11) is 1.32. The molecule has 3 rings (SSSR count). The van der Waals surface area contributed by atoms with Gasteiger partial charge in [0.2, 0.25) is 0 Å². The molecular weight excluding hydrogens is 299 g/mol. The first-order valence-corrected chi connectivity index (χ1v) is 6.90. The Morgan fingerprint density at radius 3 is 2.65 bits per heavy atom. The summed E-state index contributed by atoms with van der Waals surface area (Å²) < 4.78 is 19.2. The van der Waals surface area contributed by atoms with Gasteiger partial charge in [0.25, 0.3) is 5.56 Å². The normalized spacial score (nSPS) is 10.7. The molecule has 1 heterocycles. The number of methoxy groups -OCH3 is 1. The summed E-state index contributed by atoms with van der Waals surface area (Å²) in [5.41, 5.74) is 1.36. The second kappa shape index (κ2) is 6.00. The lowest BCUT2D eigenvalue weighted by atomic mass is 10.1. The van der Waals surface area contributed by atoms with E-state index in [-0.39, 0.29) is 5.56 Å². The maximum atomic E-state index is 13.2. The summed E-state index contributed by atoms with van der Waals surface area (Å²) in [4.78, 5) is 27.9. The summed E-state index contributed by atoms with van der Waals surface area (Å²) in [6.45, 7) is 0.306. The van der Waals surface area contributed by atoms with Crippen LogP contribution in [-0.4, -0.2) is 22.6 Å². The van der Waals surface area contributed by atoms with Crippen LogP contribution in [0.3, 0.4) is 0 Å². The number of fused-ring (bicyclic) bond motifs is 1. The third kappa shape index (κ3) is 2.96. The molecule has 3 aromatic rings. The average Bonchev–Trinajstić information content (AvgIpc) is 2.57. The standard InChI is InChI=1S/C17H13FN2O3/c1-23-17(22)12-4-2-11(3-5-12)9-20-10-19-15-8-13(18)6-7-14(15)16(20)21/h2-8,10H,9H2,1H3.